The molecule has 5 amide bonds. The molecule has 3 aromatic heterocycles. The fourth-order valence-electron chi connectivity index (χ4n) is 7.98. The van der Waals surface area contributed by atoms with Crippen LogP contribution in [0.5, 0.6) is 0 Å². The molecule has 1 atom stereocenters. The van der Waals surface area contributed by atoms with Crippen molar-refractivity contribution < 1.29 is 32.8 Å². The average Bonchev–Trinajstić information content (AvgIpc) is 3.70. The summed E-state index contributed by atoms with van der Waals surface area (Å²) in [7, 11) is 0. The topological polar surface area (TPSA) is 176 Å². The Hall–Kier alpha value is -6.14. The third-order valence-corrected chi connectivity index (χ3v) is 12.0. The lowest BCUT2D eigenvalue weighted by Crippen LogP contribution is -2.54. The van der Waals surface area contributed by atoms with E-state index in [1.807, 2.05) is 29.4 Å². The van der Waals surface area contributed by atoms with Gasteiger partial charge in [0.05, 0.1) is 22.8 Å². The number of thioether (sulfide) groups is 1. The number of imide groups is 2. The molecule has 0 radical (unpaired) electrons. The molecule has 60 heavy (non-hydrogen) atoms. The number of rotatable bonds is 12. The van der Waals surface area contributed by atoms with Crippen LogP contribution in [-0.2, 0) is 20.9 Å². The number of piperidine rings is 1. The fourth-order valence-corrected chi connectivity index (χ4v) is 9.00. The van der Waals surface area contributed by atoms with Crippen molar-refractivity contribution in [2.24, 2.45) is 0 Å². The van der Waals surface area contributed by atoms with E-state index in [4.69, 9.17) is 0 Å². The molecule has 2 saturated heterocycles. The maximum absolute atomic E-state index is 15.1. The highest BCUT2D eigenvalue weighted by atomic mass is 32.2. The van der Waals surface area contributed by atoms with Gasteiger partial charge in [0.15, 0.2) is 11.6 Å². The molecule has 2 aromatic carbocycles. The maximum atomic E-state index is 15.1. The predicted molar refractivity (Wildman–Crippen MR) is 218 cm³/mol. The van der Waals surface area contributed by atoms with Crippen molar-refractivity contribution >= 4 is 64.1 Å². The van der Waals surface area contributed by atoms with Crippen LogP contribution in [0, 0.1) is 18.6 Å². The van der Waals surface area contributed by atoms with Gasteiger partial charge in [0.1, 0.15) is 28.9 Å². The van der Waals surface area contributed by atoms with E-state index < -0.39 is 41.3 Å². The van der Waals surface area contributed by atoms with Crippen LogP contribution in [0.25, 0.3) is 22.3 Å². The van der Waals surface area contributed by atoms with Gasteiger partial charge in [0, 0.05) is 68.3 Å². The minimum atomic E-state index is -1.03. The molecule has 0 bridgehead atoms. The van der Waals surface area contributed by atoms with Crippen molar-refractivity contribution in [2.45, 2.75) is 70.0 Å². The standard InChI is InChI=1S/C42H42F2N10O5S/c1-23(2)53-24(3)47-38-28(43)18-26(19-31(38)53)37-29(44)21-46-42(50-37)48-33-11-9-25(20-45-33)22-51-13-15-52(16-14-51)35(56)8-5-17-60-32-7-4-6-27-36(32)41(59)54(40(27)58)30-10-12-34(55)49-39(30)57/h4,6-7,9,11,18-21,23,30H,5,8,10,12-17,22H2,1-3H3,(H,49,55,57)(H,45,46,48,50). The summed E-state index contributed by atoms with van der Waals surface area (Å²) in [6.45, 7) is 8.92. The van der Waals surface area contributed by atoms with Gasteiger partial charge in [-0.3, -0.25) is 39.1 Å². The van der Waals surface area contributed by atoms with Gasteiger partial charge in [-0.25, -0.2) is 28.7 Å². The van der Waals surface area contributed by atoms with E-state index in [9.17, 15) is 24.0 Å². The predicted octanol–water partition coefficient (Wildman–Crippen LogP) is 5.42. The summed E-state index contributed by atoms with van der Waals surface area (Å²) < 4.78 is 32.0. The lowest BCUT2D eigenvalue weighted by molar-refractivity contribution is -0.136. The number of carbonyl (C=O) groups excluding carboxylic acids is 5. The quantitative estimate of drug-likeness (QED) is 0.0930. The van der Waals surface area contributed by atoms with Crippen LogP contribution < -0.4 is 10.6 Å². The summed E-state index contributed by atoms with van der Waals surface area (Å²) in [5, 5.41) is 5.22. The lowest BCUT2D eigenvalue weighted by atomic mass is 10.0. The third-order valence-electron chi connectivity index (χ3n) is 10.9. The second-order valence-corrected chi connectivity index (χ2v) is 16.4. The summed E-state index contributed by atoms with van der Waals surface area (Å²) in [6, 6.07) is 10.6. The molecule has 15 nitrogen and oxygen atoms in total. The number of fused-ring (bicyclic) bond motifs is 2. The van der Waals surface area contributed by atoms with Crippen molar-refractivity contribution in [1.82, 2.24) is 44.5 Å². The molecular weight excluding hydrogens is 795 g/mol. The molecule has 0 spiro atoms. The highest BCUT2D eigenvalue weighted by Crippen LogP contribution is 2.35. The Balaban J connectivity index is 0.802. The van der Waals surface area contributed by atoms with Gasteiger partial charge in [-0.1, -0.05) is 12.1 Å². The smallest absolute Gasteiger partial charge is 0.263 e. The Morgan fingerprint density at radius 2 is 1.77 bits per heavy atom. The van der Waals surface area contributed by atoms with E-state index in [1.54, 1.807) is 43.5 Å². The number of nitrogens with zero attached hydrogens (tertiary/aromatic N) is 8. The fraction of sp³-hybridized carbons (Fsp3) is 0.357. The Bertz CT molecular complexity index is 2540. The number of hydrogen-bond acceptors (Lipinski definition) is 12. The average molecular weight is 837 g/mol. The number of benzene rings is 2. The second-order valence-electron chi connectivity index (χ2n) is 15.3. The first kappa shape index (κ1) is 40.6. The highest BCUT2D eigenvalue weighted by Gasteiger charge is 2.45. The summed E-state index contributed by atoms with van der Waals surface area (Å²) in [5.74, 6) is -1.61. The monoisotopic (exact) mass is 836 g/mol. The Labute approximate surface area is 348 Å². The van der Waals surface area contributed by atoms with Gasteiger partial charge in [0.25, 0.3) is 11.8 Å². The largest absolute Gasteiger partial charge is 0.340 e. The zero-order chi connectivity index (χ0) is 42.2. The normalized spacial score (nSPS) is 17.2. The van der Waals surface area contributed by atoms with Gasteiger partial charge >= 0.3 is 0 Å². The Kier molecular flexibility index (Phi) is 11.4. The van der Waals surface area contributed by atoms with Crippen LogP contribution in [0.3, 0.4) is 0 Å². The van der Waals surface area contributed by atoms with Gasteiger partial charge < -0.3 is 14.8 Å². The summed E-state index contributed by atoms with van der Waals surface area (Å²) in [6.07, 6.45) is 3.83. The van der Waals surface area contributed by atoms with E-state index in [-0.39, 0.29) is 58.6 Å². The number of aryl methyl sites for hydroxylation is 1. The molecule has 3 aliphatic rings. The van der Waals surface area contributed by atoms with Gasteiger partial charge in [-0.05, 0) is 75.3 Å². The van der Waals surface area contributed by atoms with Crippen molar-refractivity contribution in [3.8, 4) is 11.3 Å². The molecule has 8 rings (SSSR count). The molecule has 5 aromatic rings. The molecule has 310 valence electrons. The zero-order valence-corrected chi connectivity index (χ0v) is 34.0. The highest BCUT2D eigenvalue weighted by molar-refractivity contribution is 7.99. The van der Waals surface area contributed by atoms with E-state index >= 15 is 8.78 Å². The number of nitrogens with one attached hydrogen (secondary N) is 2. The van der Waals surface area contributed by atoms with Crippen LogP contribution in [0.4, 0.5) is 20.5 Å². The van der Waals surface area contributed by atoms with Gasteiger partial charge in [0.2, 0.25) is 23.7 Å². The van der Waals surface area contributed by atoms with Crippen LogP contribution in [0.1, 0.15) is 77.7 Å². The maximum Gasteiger partial charge on any atom is 0.263 e. The van der Waals surface area contributed by atoms with Crippen LogP contribution >= 0.6 is 11.8 Å². The van der Waals surface area contributed by atoms with Crippen molar-refractivity contribution in [1.29, 1.82) is 0 Å². The molecular formula is C42H42F2N10O5S. The van der Waals surface area contributed by atoms with Crippen molar-refractivity contribution in [3.63, 3.8) is 0 Å². The minimum absolute atomic E-state index is 0.0207. The van der Waals surface area contributed by atoms with Gasteiger partial charge in [-0.2, -0.15) is 0 Å². The van der Waals surface area contributed by atoms with E-state index in [1.165, 1.54) is 17.8 Å². The first-order valence-electron chi connectivity index (χ1n) is 19.8. The number of hydrogen-bond donors (Lipinski definition) is 2. The van der Waals surface area contributed by atoms with Crippen molar-refractivity contribution in [3.05, 3.63) is 89.0 Å². The molecule has 2 fully saturated rings. The molecule has 2 N–H and O–H groups in total. The van der Waals surface area contributed by atoms with E-state index in [2.05, 4.69) is 35.5 Å². The van der Waals surface area contributed by atoms with E-state index in [0.717, 1.165) is 16.7 Å². The molecule has 1 unspecified atom stereocenters. The summed E-state index contributed by atoms with van der Waals surface area (Å²) >= 11 is 1.39. The van der Waals surface area contributed by atoms with Crippen LogP contribution in [0.15, 0.2) is 59.8 Å². The Morgan fingerprint density at radius 3 is 2.50 bits per heavy atom. The number of piperazine rings is 1. The van der Waals surface area contributed by atoms with Crippen LogP contribution in [-0.4, -0.2) is 107 Å². The van der Waals surface area contributed by atoms with Crippen LogP contribution in [0.2, 0.25) is 0 Å². The Morgan fingerprint density at radius 1 is 0.967 bits per heavy atom. The van der Waals surface area contributed by atoms with Crippen molar-refractivity contribution in [2.75, 3.05) is 37.2 Å². The SMILES string of the molecule is Cc1nc2c(F)cc(-c3nc(Nc4ccc(CN5CCN(C(=O)CCCSc6cccc7c6C(=O)N(C6CCC(=O)NC6=O)C7=O)CC5)cn4)ncc3F)cc2n1C(C)C. The number of amides is 5. The number of imidazole rings is 1. The summed E-state index contributed by atoms with van der Waals surface area (Å²) in [4.78, 5) is 86.6. The zero-order valence-electron chi connectivity index (χ0n) is 33.2. The second kappa shape index (κ2) is 16.8. The molecule has 6 heterocycles. The number of anilines is 2. The number of aromatic nitrogens is 5. The molecule has 3 aliphatic heterocycles. The first-order chi connectivity index (χ1) is 28.9. The lowest BCUT2D eigenvalue weighted by Gasteiger charge is -2.34. The first-order valence-corrected chi connectivity index (χ1v) is 20.7. The van der Waals surface area contributed by atoms with E-state index in [0.29, 0.717) is 73.4 Å². The number of halogens is 2. The minimum Gasteiger partial charge on any atom is -0.340 e. The molecule has 18 heteroatoms. The number of carbonyl (C=O) groups is 5. The summed E-state index contributed by atoms with van der Waals surface area (Å²) in [5.41, 5.74) is 2.44. The molecule has 0 saturated carbocycles. The van der Waals surface area contributed by atoms with Gasteiger partial charge in [-0.15, -0.1) is 11.8 Å². The third kappa shape index (κ3) is 8.08. The molecule has 0 aliphatic carbocycles. The number of pyridine rings is 1.